The van der Waals surface area contributed by atoms with Crippen LogP contribution in [0.5, 0.6) is 0 Å². The number of ether oxygens (including phenoxy) is 1. The highest BCUT2D eigenvalue weighted by Gasteiger charge is 2.13. The van der Waals surface area contributed by atoms with Crippen molar-refractivity contribution in [2.45, 2.75) is 12.8 Å². The van der Waals surface area contributed by atoms with E-state index in [-0.39, 0.29) is 0 Å². The van der Waals surface area contributed by atoms with E-state index in [2.05, 4.69) is 15.5 Å². The third-order valence-electron chi connectivity index (χ3n) is 2.46. The summed E-state index contributed by atoms with van der Waals surface area (Å²) in [6.45, 7) is 2.63. The zero-order valence-corrected chi connectivity index (χ0v) is 9.20. The summed E-state index contributed by atoms with van der Waals surface area (Å²) in [5.41, 5.74) is 0. The van der Waals surface area contributed by atoms with Crippen LogP contribution < -0.4 is 5.32 Å². The van der Waals surface area contributed by atoms with Crippen molar-refractivity contribution in [1.82, 2.24) is 10.2 Å². The van der Waals surface area contributed by atoms with Crippen molar-refractivity contribution in [3.63, 3.8) is 0 Å². The third-order valence-corrected chi connectivity index (χ3v) is 2.66. The maximum atomic E-state index is 5.64. The summed E-state index contributed by atoms with van der Waals surface area (Å²) in [6, 6.07) is 3.56. The van der Waals surface area contributed by atoms with Gasteiger partial charge in [0.2, 0.25) is 0 Å². The monoisotopic (exact) mass is 227 g/mol. The van der Waals surface area contributed by atoms with Crippen LogP contribution in [0, 0.1) is 5.92 Å². The van der Waals surface area contributed by atoms with Gasteiger partial charge in [0.25, 0.3) is 0 Å². The third kappa shape index (κ3) is 3.32. The summed E-state index contributed by atoms with van der Waals surface area (Å²) in [6.07, 6.45) is 2.37. The first-order valence-corrected chi connectivity index (χ1v) is 5.53. The summed E-state index contributed by atoms with van der Waals surface area (Å²) >= 11 is 5.64. The van der Waals surface area contributed by atoms with E-state index in [0.29, 0.717) is 11.1 Å². The summed E-state index contributed by atoms with van der Waals surface area (Å²) in [5, 5.41) is 11.3. The zero-order valence-electron chi connectivity index (χ0n) is 8.45. The van der Waals surface area contributed by atoms with Crippen molar-refractivity contribution in [2.75, 3.05) is 25.1 Å². The van der Waals surface area contributed by atoms with Crippen LogP contribution >= 0.6 is 11.6 Å². The second kappa shape index (κ2) is 5.28. The Labute approximate surface area is 94.0 Å². The van der Waals surface area contributed by atoms with E-state index < -0.39 is 0 Å². The van der Waals surface area contributed by atoms with Crippen LogP contribution in [0.2, 0.25) is 5.15 Å². The van der Waals surface area contributed by atoms with Crippen LogP contribution in [0.3, 0.4) is 0 Å². The molecule has 1 unspecified atom stereocenters. The average molecular weight is 228 g/mol. The number of rotatable bonds is 3. The Kier molecular flexibility index (Phi) is 3.75. The molecule has 1 aliphatic heterocycles. The Morgan fingerprint density at radius 1 is 1.47 bits per heavy atom. The van der Waals surface area contributed by atoms with Crippen LogP contribution in [-0.2, 0) is 4.74 Å². The summed E-state index contributed by atoms with van der Waals surface area (Å²) < 4.78 is 5.39. The fraction of sp³-hybridized carbons (Fsp3) is 0.600. The Morgan fingerprint density at radius 2 is 2.40 bits per heavy atom. The minimum Gasteiger partial charge on any atom is -0.381 e. The number of aromatic nitrogens is 2. The molecule has 1 aliphatic rings. The number of nitrogens with zero attached hydrogens (tertiary/aromatic N) is 2. The standard InChI is InChI=1S/C10H14ClN3O/c11-9-3-4-10(14-13-9)12-6-8-2-1-5-15-7-8/h3-4,8H,1-2,5-7H2,(H,12,14). The molecule has 1 aromatic heterocycles. The van der Waals surface area contributed by atoms with Crippen molar-refractivity contribution in [3.05, 3.63) is 17.3 Å². The Bertz CT molecular complexity index is 298. The minimum atomic E-state index is 0.418. The molecule has 2 heterocycles. The minimum absolute atomic E-state index is 0.418. The van der Waals surface area contributed by atoms with E-state index in [4.69, 9.17) is 16.3 Å². The molecule has 0 radical (unpaired) electrons. The molecule has 0 saturated carbocycles. The predicted octanol–water partition coefficient (Wildman–Crippen LogP) is 1.97. The lowest BCUT2D eigenvalue weighted by atomic mass is 10.0. The highest BCUT2D eigenvalue weighted by atomic mass is 35.5. The Balaban J connectivity index is 1.79. The largest absolute Gasteiger partial charge is 0.381 e. The zero-order chi connectivity index (χ0) is 10.5. The molecule has 0 spiro atoms. The van der Waals surface area contributed by atoms with E-state index in [1.807, 2.05) is 6.07 Å². The van der Waals surface area contributed by atoms with E-state index in [1.54, 1.807) is 6.07 Å². The van der Waals surface area contributed by atoms with Crippen LogP contribution in [-0.4, -0.2) is 30.0 Å². The van der Waals surface area contributed by atoms with Crippen molar-refractivity contribution in [1.29, 1.82) is 0 Å². The average Bonchev–Trinajstić information content (AvgIpc) is 2.30. The van der Waals surface area contributed by atoms with Crippen LogP contribution in [0.4, 0.5) is 5.82 Å². The number of halogens is 1. The molecule has 5 heteroatoms. The van der Waals surface area contributed by atoms with Crippen LogP contribution in [0.1, 0.15) is 12.8 Å². The van der Waals surface area contributed by atoms with Gasteiger partial charge in [0.1, 0.15) is 5.82 Å². The quantitative estimate of drug-likeness (QED) is 0.858. The molecule has 0 bridgehead atoms. The molecule has 15 heavy (non-hydrogen) atoms. The molecule has 1 atom stereocenters. The van der Waals surface area contributed by atoms with Gasteiger partial charge in [0.15, 0.2) is 5.15 Å². The second-order valence-corrected chi connectivity index (χ2v) is 4.09. The normalized spacial score (nSPS) is 21.3. The molecule has 1 N–H and O–H groups in total. The molecular weight excluding hydrogens is 214 g/mol. The number of hydrogen-bond donors (Lipinski definition) is 1. The number of hydrogen-bond acceptors (Lipinski definition) is 4. The highest BCUT2D eigenvalue weighted by molar-refractivity contribution is 6.29. The van der Waals surface area contributed by atoms with Crippen molar-refractivity contribution in [3.8, 4) is 0 Å². The Morgan fingerprint density at radius 3 is 3.07 bits per heavy atom. The van der Waals surface area contributed by atoms with Crippen LogP contribution in [0.15, 0.2) is 12.1 Å². The molecular formula is C10H14ClN3O. The lowest BCUT2D eigenvalue weighted by molar-refractivity contribution is 0.0595. The topological polar surface area (TPSA) is 47.0 Å². The van der Waals surface area contributed by atoms with E-state index in [1.165, 1.54) is 6.42 Å². The van der Waals surface area contributed by atoms with Crippen LogP contribution in [0.25, 0.3) is 0 Å². The molecule has 4 nitrogen and oxygen atoms in total. The molecule has 0 aliphatic carbocycles. The molecule has 1 aromatic rings. The van der Waals surface area contributed by atoms with Gasteiger partial charge >= 0.3 is 0 Å². The van der Waals surface area contributed by atoms with Crippen molar-refractivity contribution < 1.29 is 4.74 Å². The Hall–Kier alpha value is -0.870. The van der Waals surface area contributed by atoms with Gasteiger partial charge in [-0.3, -0.25) is 0 Å². The molecule has 2 rings (SSSR count). The first-order chi connectivity index (χ1) is 7.34. The molecule has 1 saturated heterocycles. The number of nitrogens with one attached hydrogen (secondary N) is 1. The fourth-order valence-electron chi connectivity index (χ4n) is 1.63. The van der Waals surface area contributed by atoms with E-state index in [9.17, 15) is 0 Å². The number of anilines is 1. The second-order valence-electron chi connectivity index (χ2n) is 3.71. The van der Waals surface area contributed by atoms with E-state index in [0.717, 1.165) is 32.0 Å². The molecule has 82 valence electrons. The van der Waals surface area contributed by atoms with Crippen molar-refractivity contribution >= 4 is 17.4 Å². The summed E-state index contributed by atoms with van der Waals surface area (Å²) in [7, 11) is 0. The smallest absolute Gasteiger partial charge is 0.151 e. The molecule has 0 aromatic carbocycles. The molecule has 0 amide bonds. The maximum Gasteiger partial charge on any atom is 0.151 e. The SMILES string of the molecule is Clc1ccc(NCC2CCCOC2)nn1. The first kappa shape index (κ1) is 10.6. The molecule has 1 fully saturated rings. The summed E-state index contributed by atoms with van der Waals surface area (Å²) in [4.78, 5) is 0. The van der Waals surface area contributed by atoms with Gasteiger partial charge in [-0.1, -0.05) is 11.6 Å². The van der Waals surface area contributed by atoms with Gasteiger partial charge in [-0.15, -0.1) is 10.2 Å². The van der Waals surface area contributed by atoms with E-state index >= 15 is 0 Å². The van der Waals surface area contributed by atoms with Gasteiger partial charge in [-0.25, -0.2) is 0 Å². The van der Waals surface area contributed by atoms with Gasteiger partial charge in [0.05, 0.1) is 6.61 Å². The van der Waals surface area contributed by atoms with Gasteiger partial charge in [-0.05, 0) is 30.9 Å². The lowest BCUT2D eigenvalue weighted by Gasteiger charge is -2.22. The maximum absolute atomic E-state index is 5.64. The van der Waals surface area contributed by atoms with Gasteiger partial charge in [0, 0.05) is 13.2 Å². The fourth-order valence-corrected chi connectivity index (χ4v) is 1.73. The lowest BCUT2D eigenvalue weighted by Crippen LogP contribution is -2.24. The van der Waals surface area contributed by atoms with Gasteiger partial charge in [-0.2, -0.15) is 0 Å². The van der Waals surface area contributed by atoms with Gasteiger partial charge < -0.3 is 10.1 Å². The predicted molar refractivity (Wildman–Crippen MR) is 59.1 cm³/mol. The highest BCUT2D eigenvalue weighted by Crippen LogP contribution is 2.14. The van der Waals surface area contributed by atoms with Crippen molar-refractivity contribution in [2.24, 2.45) is 5.92 Å². The first-order valence-electron chi connectivity index (χ1n) is 5.15. The summed E-state index contributed by atoms with van der Waals surface area (Å²) in [5.74, 6) is 1.35.